The number of methoxy groups -OCH3 is 1. The van der Waals surface area contributed by atoms with E-state index in [1.165, 1.54) is 25.3 Å². The third kappa shape index (κ3) is 6.07. The van der Waals surface area contributed by atoms with Crippen molar-refractivity contribution in [2.75, 3.05) is 20.3 Å². The molecule has 1 rings (SSSR count). The zero-order valence-electron chi connectivity index (χ0n) is 12.1. The van der Waals surface area contributed by atoms with Crippen molar-refractivity contribution in [1.82, 2.24) is 10.0 Å². The van der Waals surface area contributed by atoms with Gasteiger partial charge in [-0.2, -0.15) is 0 Å². The number of nitrogens with one attached hydrogen (secondary N) is 2. The molecule has 1 amide bonds. The summed E-state index contributed by atoms with van der Waals surface area (Å²) in [7, 11) is -2.01. The molecular formula is C14H20N2O4S. The molecule has 0 aliphatic carbocycles. The number of rotatable bonds is 8. The highest BCUT2D eigenvalue weighted by atomic mass is 32.2. The van der Waals surface area contributed by atoms with Gasteiger partial charge in [0.2, 0.25) is 15.9 Å². The molecule has 7 heteroatoms. The van der Waals surface area contributed by atoms with Crippen molar-refractivity contribution in [3.63, 3.8) is 0 Å². The summed E-state index contributed by atoms with van der Waals surface area (Å²) in [6.45, 7) is 2.64. The third-order valence-corrected chi connectivity index (χ3v) is 4.09. The normalized spacial score (nSPS) is 11.7. The van der Waals surface area contributed by atoms with Gasteiger partial charge in [-0.25, -0.2) is 13.1 Å². The highest BCUT2D eigenvalue weighted by molar-refractivity contribution is 7.89. The Balaban J connectivity index is 2.63. The van der Waals surface area contributed by atoms with E-state index in [0.717, 1.165) is 5.56 Å². The lowest BCUT2D eigenvalue weighted by molar-refractivity contribution is -0.116. The third-order valence-electron chi connectivity index (χ3n) is 2.62. The van der Waals surface area contributed by atoms with Crippen LogP contribution in [0.15, 0.2) is 41.3 Å². The van der Waals surface area contributed by atoms with Gasteiger partial charge in [0.15, 0.2) is 0 Å². The van der Waals surface area contributed by atoms with Crippen molar-refractivity contribution in [2.45, 2.75) is 18.4 Å². The van der Waals surface area contributed by atoms with Crippen LogP contribution in [-0.4, -0.2) is 34.6 Å². The molecule has 0 bridgehead atoms. The van der Waals surface area contributed by atoms with Crippen molar-refractivity contribution < 1.29 is 17.9 Å². The average Bonchev–Trinajstić information content (AvgIpc) is 2.46. The molecule has 116 valence electrons. The Kier molecular flexibility index (Phi) is 7.07. The highest BCUT2D eigenvalue weighted by Gasteiger charge is 2.12. The van der Waals surface area contributed by atoms with Crippen LogP contribution in [0.5, 0.6) is 0 Å². The Bertz CT molecular complexity index is 579. The molecule has 0 unspecified atom stereocenters. The lowest BCUT2D eigenvalue weighted by Gasteiger charge is -2.07. The maximum absolute atomic E-state index is 11.9. The molecule has 1 aromatic carbocycles. The highest BCUT2D eigenvalue weighted by Crippen LogP contribution is 2.10. The number of ether oxygens (including phenoxy) is 1. The second-order valence-electron chi connectivity index (χ2n) is 4.25. The van der Waals surface area contributed by atoms with Gasteiger partial charge in [0, 0.05) is 20.2 Å². The fourth-order valence-corrected chi connectivity index (χ4v) is 2.56. The zero-order valence-corrected chi connectivity index (χ0v) is 12.9. The van der Waals surface area contributed by atoms with Gasteiger partial charge in [0.25, 0.3) is 0 Å². The first-order chi connectivity index (χ1) is 9.99. The fourth-order valence-electron chi connectivity index (χ4n) is 1.55. The number of hydrogen-bond donors (Lipinski definition) is 2. The standard InChI is InChI=1S/C14H20N2O4S/c1-3-4-14(17)15-11-12-5-7-13(8-6-12)21(18,19)16-9-10-20-2/h3-8,16H,9-11H2,1-2H3,(H,15,17)/b4-3+. The SMILES string of the molecule is C/C=C/C(=O)NCc1ccc(S(=O)(=O)NCCOC)cc1. The van der Waals surface area contributed by atoms with Gasteiger partial charge in [-0.05, 0) is 30.7 Å². The molecule has 0 saturated heterocycles. The number of sulfonamides is 1. The molecule has 0 atom stereocenters. The Morgan fingerprint density at radius 2 is 1.95 bits per heavy atom. The molecule has 6 nitrogen and oxygen atoms in total. The fraction of sp³-hybridized carbons (Fsp3) is 0.357. The Labute approximate surface area is 125 Å². The summed E-state index contributed by atoms with van der Waals surface area (Å²) in [6.07, 6.45) is 3.08. The van der Waals surface area contributed by atoms with Gasteiger partial charge < -0.3 is 10.1 Å². The molecule has 0 aromatic heterocycles. The number of allylic oxidation sites excluding steroid dienone is 1. The topological polar surface area (TPSA) is 84.5 Å². The molecule has 2 N–H and O–H groups in total. The summed E-state index contributed by atoms with van der Waals surface area (Å²) >= 11 is 0. The summed E-state index contributed by atoms with van der Waals surface area (Å²) in [4.78, 5) is 11.5. The van der Waals surface area contributed by atoms with Crippen LogP contribution in [0.3, 0.4) is 0 Å². The molecule has 0 radical (unpaired) electrons. The molecule has 0 saturated carbocycles. The summed E-state index contributed by atoms with van der Waals surface area (Å²) in [6, 6.07) is 6.35. The maximum atomic E-state index is 11.9. The lowest BCUT2D eigenvalue weighted by Crippen LogP contribution is -2.27. The van der Waals surface area contributed by atoms with E-state index in [1.54, 1.807) is 25.1 Å². The van der Waals surface area contributed by atoms with E-state index in [1.807, 2.05) is 0 Å². The molecule has 0 spiro atoms. The van der Waals surface area contributed by atoms with E-state index in [-0.39, 0.29) is 17.3 Å². The minimum Gasteiger partial charge on any atom is -0.383 e. The summed E-state index contributed by atoms with van der Waals surface area (Å²) in [5.74, 6) is -0.185. The van der Waals surface area contributed by atoms with E-state index in [0.29, 0.717) is 13.2 Å². The molecule has 1 aromatic rings. The van der Waals surface area contributed by atoms with Gasteiger partial charge in [-0.15, -0.1) is 0 Å². The Hall–Kier alpha value is -1.70. The molecular weight excluding hydrogens is 292 g/mol. The second kappa shape index (κ2) is 8.56. The van der Waals surface area contributed by atoms with Crippen molar-refractivity contribution in [2.24, 2.45) is 0 Å². The minimum atomic E-state index is -3.52. The van der Waals surface area contributed by atoms with Gasteiger partial charge in [0.05, 0.1) is 11.5 Å². The molecule has 0 heterocycles. The van der Waals surface area contributed by atoms with Crippen molar-refractivity contribution >= 4 is 15.9 Å². The van der Waals surface area contributed by atoms with Gasteiger partial charge in [-0.3, -0.25) is 4.79 Å². The zero-order chi connectivity index (χ0) is 15.7. The van der Waals surface area contributed by atoms with Crippen LogP contribution < -0.4 is 10.0 Å². The van der Waals surface area contributed by atoms with E-state index in [4.69, 9.17) is 4.74 Å². The Morgan fingerprint density at radius 3 is 2.52 bits per heavy atom. The lowest BCUT2D eigenvalue weighted by atomic mass is 10.2. The predicted octanol–water partition coefficient (Wildman–Crippen LogP) is 0.804. The number of amides is 1. The molecule has 0 fully saturated rings. The first-order valence-electron chi connectivity index (χ1n) is 6.47. The van der Waals surface area contributed by atoms with Crippen LogP contribution in [-0.2, 0) is 26.1 Å². The van der Waals surface area contributed by atoms with E-state index >= 15 is 0 Å². The largest absolute Gasteiger partial charge is 0.383 e. The number of carbonyl (C=O) groups is 1. The van der Waals surface area contributed by atoms with E-state index in [9.17, 15) is 13.2 Å². The number of carbonyl (C=O) groups excluding carboxylic acids is 1. The van der Waals surface area contributed by atoms with Crippen LogP contribution in [0.1, 0.15) is 12.5 Å². The summed E-state index contributed by atoms with van der Waals surface area (Å²) in [5, 5.41) is 2.69. The quantitative estimate of drug-likeness (QED) is 0.549. The van der Waals surface area contributed by atoms with Gasteiger partial charge >= 0.3 is 0 Å². The number of hydrogen-bond acceptors (Lipinski definition) is 4. The average molecular weight is 312 g/mol. The molecule has 0 aliphatic heterocycles. The van der Waals surface area contributed by atoms with Crippen LogP contribution in [0, 0.1) is 0 Å². The van der Waals surface area contributed by atoms with Crippen LogP contribution in [0.4, 0.5) is 0 Å². The maximum Gasteiger partial charge on any atom is 0.243 e. The number of benzene rings is 1. The van der Waals surface area contributed by atoms with E-state index < -0.39 is 10.0 Å². The predicted molar refractivity (Wildman–Crippen MR) is 80.2 cm³/mol. The molecule has 21 heavy (non-hydrogen) atoms. The van der Waals surface area contributed by atoms with Crippen molar-refractivity contribution in [3.05, 3.63) is 42.0 Å². The van der Waals surface area contributed by atoms with Crippen LogP contribution in [0.2, 0.25) is 0 Å². The summed E-state index contributed by atoms with van der Waals surface area (Å²) in [5.41, 5.74) is 0.823. The summed E-state index contributed by atoms with van der Waals surface area (Å²) < 4.78 is 31.1. The van der Waals surface area contributed by atoms with E-state index in [2.05, 4.69) is 10.0 Å². The monoisotopic (exact) mass is 312 g/mol. The van der Waals surface area contributed by atoms with Crippen molar-refractivity contribution in [1.29, 1.82) is 0 Å². The first kappa shape index (κ1) is 17.4. The van der Waals surface area contributed by atoms with Crippen molar-refractivity contribution in [3.8, 4) is 0 Å². The first-order valence-corrected chi connectivity index (χ1v) is 7.96. The molecule has 0 aliphatic rings. The van der Waals surface area contributed by atoms with Gasteiger partial charge in [0.1, 0.15) is 0 Å². The van der Waals surface area contributed by atoms with Gasteiger partial charge in [-0.1, -0.05) is 18.2 Å². The smallest absolute Gasteiger partial charge is 0.243 e. The Morgan fingerprint density at radius 1 is 1.29 bits per heavy atom. The minimum absolute atomic E-state index is 0.183. The van der Waals surface area contributed by atoms with Crippen LogP contribution >= 0.6 is 0 Å². The van der Waals surface area contributed by atoms with Crippen LogP contribution in [0.25, 0.3) is 0 Å². The second-order valence-corrected chi connectivity index (χ2v) is 6.02.